The first-order valence-electron chi connectivity index (χ1n) is 6.30. The molecule has 0 aliphatic carbocycles. The molecule has 0 aliphatic rings. The number of halogens is 1. The van der Waals surface area contributed by atoms with E-state index in [1.54, 1.807) is 17.9 Å². The van der Waals surface area contributed by atoms with Crippen molar-refractivity contribution in [3.63, 3.8) is 0 Å². The Morgan fingerprint density at radius 3 is 2.76 bits per heavy atom. The standard InChI is InChI=1S/C14H13ClN4OS/c1-8-7-18(2)17-11(8)13(20)16-14-19(3)12-9(15)5-4-6-10(12)21-14/h4-7H,1-3H3. The van der Waals surface area contributed by atoms with E-state index in [9.17, 15) is 4.79 Å². The van der Waals surface area contributed by atoms with Crippen LogP contribution in [0.5, 0.6) is 0 Å². The Kier molecular flexibility index (Phi) is 3.43. The summed E-state index contributed by atoms with van der Waals surface area (Å²) in [4.78, 5) is 17.1. The molecule has 0 saturated heterocycles. The molecule has 5 nitrogen and oxygen atoms in total. The van der Waals surface area contributed by atoms with Crippen molar-refractivity contribution in [2.24, 2.45) is 19.1 Å². The number of aromatic nitrogens is 3. The van der Waals surface area contributed by atoms with Gasteiger partial charge in [-0.15, -0.1) is 0 Å². The van der Waals surface area contributed by atoms with Gasteiger partial charge in [0.15, 0.2) is 10.5 Å². The predicted octanol–water partition coefficient (Wildman–Crippen LogP) is 2.68. The minimum atomic E-state index is -0.341. The molecule has 0 unspecified atom stereocenters. The number of benzene rings is 1. The molecule has 2 aromatic heterocycles. The van der Waals surface area contributed by atoms with Gasteiger partial charge in [0.2, 0.25) is 0 Å². The maximum absolute atomic E-state index is 12.3. The third-order valence-corrected chi connectivity index (χ3v) is 4.59. The van der Waals surface area contributed by atoms with Crippen LogP contribution in [0.25, 0.3) is 10.2 Å². The van der Waals surface area contributed by atoms with Crippen LogP contribution in [-0.2, 0) is 14.1 Å². The van der Waals surface area contributed by atoms with E-state index in [0.717, 1.165) is 15.8 Å². The Bertz CT molecular complexity index is 919. The number of fused-ring (bicyclic) bond motifs is 1. The smallest absolute Gasteiger partial charge is 0.300 e. The summed E-state index contributed by atoms with van der Waals surface area (Å²) in [7, 11) is 3.63. The first-order chi connectivity index (χ1) is 9.97. The van der Waals surface area contributed by atoms with Gasteiger partial charge in [-0.2, -0.15) is 10.1 Å². The molecule has 1 amide bonds. The highest BCUT2D eigenvalue weighted by molar-refractivity contribution is 7.16. The van der Waals surface area contributed by atoms with Gasteiger partial charge < -0.3 is 4.57 Å². The van der Waals surface area contributed by atoms with E-state index in [2.05, 4.69) is 10.1 Å². The molecule has 108 valence electrons. The number of amides is 1. The Hall–Kier alpha value is -1.92. The quantitative estimate of drug-likeness (QED) is 0.692. The molecule has 3 aromatic rings. The summed E-state index contributed by atoms with van der Waals surface area (Å²) in [6.07, 6.45) is 1.80. The lowest BCUT2D eigenvalue weighted by atomic mass is 10.3. The van der Waals surface area contributed by atoms with Gasteiger partial charge in [-0.05, 0) is 19.1 Å². The fourth-order valence-electron chi connectivity index (χ4n) is 2.22. The van der Waals surface area contributed by atoms with Gasteiger partial charge in [0.1, 0.15) is 0 Å². The summed E-state index contributed by atoms with van der Waals surface area (Å²) < 4.78 is 4.44. The van der Waals surface area contributed by atoms with Crippen LogP contribution in [0.4, 0.5) is 0 Å². The number of thiazole rings is 1. The normalized spacial score (nSPS) is 12.3. The number of nitrogens with zero attached hydrogens (tertiary/aromatic N) is 4. The van der Waals surface area contributed by atoms with Crippen molar-refractivity contribution >= 4 is 39.1 Å². The molecule has 0 fully saturated rings. The van der Waals surface area contributed by atoms with Gasteiger partial charge in [0.05, 0.1) is 15.2 Å². The van der Waals surface area contributed by atoms with Gasteiger partial charge >= 0.3 is 0 Å². The zero-order chi connectivity index (χ0) is 15.1. The van der Waals surface area contributed by atoms with E-state index in [-0.39, 0.29) is 5.91 Å². The molecule has 7 heteroatoms. The summed E-state index contributed by atoms with van der Waals surface area (Å²) in [5.74, 6) is -0.341. The van der Waals surface area contributed by atoms with Gasteiger partial charge in [-0.1, -0.05) is 29.0 Å². The lowest BCUT2D eigenvalue weighted by Gasteiger charge is -1.97. The number of carbonyl (C=O) groups excluding carboxylic acids is 1. The maximum Gasteiger partial charge on any atom is 0.300 e. The van der Waals surface area contributed by atoms with Crippen molar-refractivity contribution in [3.8, 4) is 0 Å². The second-order valence-corrected chi connectivity index (χ2v) is 6.20. The molecule has 0 N–H and O–H groups in total. The minimum absolute atomic E-state index is 0.341. The van der Waals surface area contributed by atoms with Crippen molar-refractivity contribution < 1.29 is 4.79 Å². The van der Waals surface area contributed by atoms with Crippen LogP contribution in [0, 0.1) is 6.92 Å². The monoisotopic (exact) mass is 320 g/mol. The Balaban J connectivity index is 2.16. The third kappa shape index (κ3) is 2.41. The number of hydrogen-bond donors (Lipinski definition) is 0. The lowest BCUT2D eigenvalue weighted by Crippen LogP contribution is -2.14. The fourth-order valence-corrected chi connectivity index (χ4v) is 3.62. The highest BCUT2D eigenvalue weighted by Crippen LogP contribution is 2.24. The van der Waals surface area contributed by atoms with E-state index in [0.29, 0.717) is 15.5 Å². The number of carbonyl (C=O) groups is 1. The lowest BCUT2D eigenvalue weighted by molar-refractivity contribution is 0.0992. The Morgan fingerprint density at radius 2 is 2.14 bits per heavy atom. The van der Waals surface area contributed by atoms with E-state index < -0.39 is 0 Å². The summed E-state index contributed by atoms with van der Waals surface area (Å²) in [6, 6.07) is 5.67. The molecule has 0 saturated carbocycles. The average Bonchev–Trinajstić information content (AvgIpc) is 2.91. The zero-order valence-electron chi connectivity index (χ0n) is 11.8. The van der Waals surface area contributed by atoms with Crippen LogP contribution in [0.1, 0.15) is 16.1 Å². The minimum Gasteiger partial charge on any atom is -0.318 e. The van der Waals surface area contributed by atoms with E-state index in [4.69, 9.17) is 11.6 Å². The first-order valence-corrected chi connectivity index (χ1v) is 7.50. The number of para-hydroxylation sites is 1. The van der Waals surface area contributed by atoms with E-state index >= 15 is 0 Å². The highest BCUT2D eigenvalue weighted by atomic mass is 35.5. The Labute approximate surface area is 130 Å². The van der Waals surface area contributed by atoms with Gasteiger partial charge in [-0.3, -0.25) is 9.48 Å². The maximum atomic E-state index is 12.3. The molecule has 0 spiro atoms. The number of rotatable bonds is 1. The van der Waals surface area contributed by atoms with Crippen LogP contribution in [0.15, 0.2) is 29.4 Å². The molecule has 2 heterocycles. The van der Waals surface area contributed by atoms with E-state index in [1.807, 2.05) is 36.7 Å². The van der Waals surface area contributed by atoms with Crippen molar-refractivity contribution in [1.29, 1.82) is 0 Å². The summed E-state index contributed by atoms with van der Waals surface area (Å²) in [5.41, 5.74) is 2.07. The molecular formula is C14H13ClN4OS. The summed E-state index contributed by atoms with van der Waals surface area (Å²) >= 11 is 7.63. The number of aryl methyl sites for hydroxylation is 3. The van der Waals surface area contributed by atoms with Crippen LogP contribution in [-0.4, -0.2) is 20.3 Å². The van der Waals surface area contributed by atoms with Crippen molar-refractivity contribution in [2.75, 3.05) is 0 Å². The Morgan fingerprint density at radius 1 is 1.38 bits per heavy atom. The molecule has 1 aromatic carbocycles. The van der Waals surface area contributed by atoms with Crippen LogP contribution < -0.4 is 4.80 Å². The molecule has 0 bridgehead atoms. The van der Waals surface area contributed by atoms with Crippen LogP contribution in [0.2, 0.25) is 5.02 Å². The molecule has 0 radical (unpaired) electrons. The number of hydrogen-bond acceptors (Lipinski definition) is 3. The van der Waals surface area contributed by atoms with Gasteiger partial charge in [-0.25, -0.2) is 0 Å². The molecule has 3 rings (SSSR count). The molecule has 0 aliphatic heterocycles. The molecule has 0 atom stereocenters. The average molecular weight is 321 g/mol. The van der Waals surface area contributed by atoms with Crippen LogP contribution >= 0.6 is 22.9 Å². The predicted molar refractivity (Wildman–Crippen MR) is 83.6 cm³/mol. The first kappa shape index (κ1) is 14.0. The molecular weight excluding hydrogens is 308 g/mol. The van der Waals surface area contributed by atoms with Gasteiger partial charge in [0, 0.05) is 25.9 Å². The summed E-state index contributed by atoms with van der Waals surface area (Å²) in [6.45, 7) is 1.84. The largest absolute Gasteiger partial charge is 0.318 e. The van der Waals surface area contributed by atoms with Gasteiger partial charge in [0.25, 0.3) is 5.91 Å². The van der Waals surface area contributed by atoms with Crippen molar-refractivity contribution in [3.05, 3.63) is 45.5 Å². The second-order valence-electron chi connectivity index (χ2n) is 4.78. The van der Waals surface area contributed by atoms with Crippen LogP contribution in [0.3, 0.4) is 0 Å². The van der Waals surface area contributed by atoms with E-state index in [1.165, 1.54) is 11.3 Å². The third-order valence-electron chi connectivity index (χ3n) is 3.18. The fraction of sp³-hybridized carbons (Fsp3) is 0.214. The topological polar surface area (TPSA) is 52.2 Å². The highest BCUT2D eigenvalue weighted by Gasteiger charge is 2.13. The molecule has 21 heavy (non-hydrogen) atoms. The SMILES string of the molecule is Cc1cn(C)nc1C(=O)N=c1sc2cccc(Cl)c2n1C. The van der Waals surface area contributed by atoms with Crippen molar-refractivity contribution in [2.45, 2.75) is 6.92 Å². The summed E-state index contributed by atoms with van der Waals surface area (Å²) in [5, 5.41) is 4.80. The van der Waals surface area contributed by atoms with Crippen molar-refractivity contribution in [1.82, 2.24) is 14.3 Å². The second kappa shape index (κ2) is 5.13. The zero-order valence-corrected chi connectivity index (χ0v) is 13.4.